The first kappa shape index (κ1) is 17.9. The van der Waals surface area contributed by atoms with Gasteiger partial charge in [-0.15, -0.1) is 0 Å². The van der Waals surface area contributed by atoms with Crippen LogP contribution in [0.5, 0.6) is 5.75 Å². The maximum absolute atomic E-state index is 12.9. The van der Waals surface area contributed by atoms with Crippen LogP contribution in [0, 0.1) is 0 Å². The van der Waals surface area contributed by atoms with Crippen LogP contribution in [-0.4, -0.2) is 28.6 Å². The van der Waals surface area contributed by atoms with E-state index < -0.39 is 5.92 Å². The van der Waals surface area contributed by atoms with Crippen LogP contribution >= 0.6 is 11.8 Å². The normalized spacial score (nSPS) is 18.6. The number of nitrogens with one attached hydrogen (secondary N) is 2. The van der Waals surface area contributed by atoms with E-state index in [1.165, 1.54) is 11.8 Å². The van der Waals surface area contributed by atoms with Crippen LogP contribution < -0.4 is 15.6 Å². The summed E-state index contributed by atoms with van der Waals surface area (Å²) in [4.78, 5) is 33.0. The number of Topliss-reactive ketones (excluding diaryl/α,β-unsaturated/α-hetero) is 1. The van der Waals surface area contributed by atoms with E-state index in [-0.39, 0.29) is 11.3 Å². The number of thioether (sulfide) groups is 1. The third-order valence-corrected chi connectivity index (χ3v) is 5.53. The van der Waals surface area contributed by atoms with Crippen LogP contribution in [0.15, 0.2) is 45.5 Å². The van der Waals surface area contributed by atoms with Crippen molar-refractivity contribution in [3.05, 3.63) is 57.0 Å². The Balaban J connectivity index is 1.90. The highest BCUT2D eigenvalue weighted by Gasteiger charge is 2.37. The lowest BCUT2D eigenvalue weighted by atomic mass is 9.76. The van der Waals surface area contributed by atoms with Gasteiger partial charge in [-0.1, -0.05) is 23.9 Å². The van der Waals surface area contributed by atoms with E-state index in [2.05, 4.69) is 15.3 Å². The number of aromatic nitrogens is 2. The summed E-state index contributed by atoms with van der Waals surface area (Å²) < 4.78 is 5.53. The van der Waals surface area contributed by atoms with Crippen LogP contribution in [0.4, 0.5) is 5.82 Å². The van der Waals surface area contributed by atoms with Crippen molar-refractivity contribution < 1.29 is 9.53 Å². The smallest absolute Gasteiger partial charge is 0.257 e. The van der Waals surface area contributed by atoms with Crippen LogP contribution in [0.2, 0.25) is 0 Å². The van der Waals surface area contributed by atoms with Crippen molar-refractivity contribution in [3.8, 4) is 5.75 Å². The topological polar surface area (TPSA) is 84.1 Å². The summed E-state index contributed by atoms with van der Waals surface area (Å²) in [7, 11) is 0. The molecule has 2 heterocycles. The number of allylic oxidation sites excluding steroid dienone is 2. The first-order valence-corrected chi connectivity index (χ1v) is 10.3. The van der Waals surface area contributed by atoms with Crippen molar-refractivity contribution in [2.45, 2.75) is 37.3 Å². The van der Waals surface area contributed by atoms with Gasteiger partial charge in [0, 0.05) is 23.6 Å². The Hall–Kier alpha value is -2.54. The summed E-state index contributed by atoms with van der Waals surface area (Å²) in [5.74, 6) is 1.01. The van der Waals surface area contributed by atoms with Gasteiger partial charge < -0.3 is 15.0 Å². The average molecular weight is 383 g/mol. The molecule has 0 saturated carbocycles. The van der Waals surface area contributed by atoms with E-state index in [0.717, 1.165) is 29.9 Å². The molecule has 0 amide bonds. The molecule has 0 unspecified atom stereocenters. The van der Waals surface area contributed by atoms with Crippen LogP contribution in [0.3, 0.4) is 0 Å². The molecule has 1 aromatic carbocycles. The minimum Gasteiger partial charge on any atom is -0.494 e. The lowest BCUT2D eigenvalue weighted by Gasteiger charge is -2.32. The molecule has 6 nitrogen and oxygen atoms in total. The van der Waals surface area contributed by atoms with Crippen molar-refractivity contribution in [2.75, 3.05) is 18.2 Å². The van der Waals surface area contributed by atoms with Gasteiger partial charge in [-0.2, -0.15) is 0 Å². The standard InChI is InChI=1S/C20H21N3O3S/c1-3-26-12-9-7-11(8-10-12)15-16-13(5-4-6-14(16)24)21-18-17(15)19(25)23-20(22-18)27-2/h7-10,15H,3-6H2,1-2H3,(H2,21,22,23,25)/t15-/m1/s1. The highest BCUT2D eigenvalue weighted by molar-refractivity contribution is 7.98. The van der Waals surface area contributed by atoms with Gasteiger partial charge >= 0.3 is 0 Å². The summed E-state index contributed by atoms with van der Waals surface area (Å²) in [6.07, 6.45) is 3.98. The zero-order chi connectivity index (χ0) is 19.0. The van der Waals surface area contributed by atoms with Crippen molar-refractivity contribution in [3.63, 3.8) is 0 Å². The van der Waals surface area contributed by atoms with Gasteiger partial charge in [-0.25, -0.2) is 4.98 Å². The van der Waals surface area contributed by atoms with Gasteiger partial charge in [0.15, 0.2) is 10.9 Å². The quantitative estimate of drug-likeness (QED) is 0.621. The number of hydrogen-bond acceptors (Lipinski definition) is 6. The van der Waals surface area contributed by atoms with Gasteiger partial charge in [0.1, 0.15) is 11.6 Å². The molecule has 4 rings (SSSR count). The number of hydrogen-bond donors (Lipinski definition) is 2. The molecule has 0 radical (unpaired) electrons. The van der Waals surface area contributed by atoms with Crippen LogP contribution in [0.25, 0.3) is 0 Å². The van der Waals surface area contributed by atoms with Crippen molar-refractivity contribution in [2.24, 2.45) is 0 Å². The fourth-order valence-electron chi connectivity index (χ4n) is 3.79. The summed E-state index contributed by atoms with van der Waals surface area (Å²) in [6, 6.07) is 7.62. The number of ether oxygens (including phenoxy) is 1. The molecule has 1 atom stereocenters. The fourth-order valence-corrected chi connectivity index (χ4v) is 4.17. The summed E-state index contributed by atoms with van der Waals surface area (Å²) in [6.45, 7) is 2.52. The molecule has 2 aliphatic rings. The predicted octanol–water partition coefficient (Wildman–Crippen LogP) is 3.46. The molecule has 27 heavy (non-hydrogen) atoms. The Morgan fingerprint density at radius 3 is 2.70 bits per heavy atom. The molecule has 0 spiro atoms. The second kappa shape index (κ2) is 7.23. The number of rotatable bonds is 4. The monoisotopic (exact) mass is 383 g/mol. The third-order valence-electron chi connectivity index (χ3n) is 4.95. The largest absolute Gasteiger partial charge is 0.494 e. The lowest BCUT2D eigenvalue weighted by molar-refractivity contribution is -0.116. The van der Waals surface area contributed by atoms with E-state index in [4.69, 9.17) is 4.74 Å². The van der Waals surface area contributed by atoms with E-state index in [9.17, 15) is 9.59 Å². The van der Waals surface area contributed by atoms with Gasteiger partial charge in [-0.05, 0) is 43.7 Å². The molecule has 0 saturated heterocycles. The van der Waals surface area contributed by atoms with Crippen LogP contribution in [-0.2, 0) is 4.79 Å². The molecule has 1 aliphatic heterocycles. The number of nitrogens with zero attached hydrogens (tertiary/aromatic N) is 1. The van der Waals surface area contributed by atoms with Gasteiger partial charge in [0.2, 0.25) is 0 Å². The first-order valence-electron chi connectivity index (χ1n) is 9.06. The van der Waals surface area contributed by atoms with Crippen molar-refractivity contribution in [1.82, 2.24) is 9.97 Å². The summed E-state index contributed by atoms with van der Waals surface area (Å²) >= 11 is 1.38. The van der Waals surface area contributed by atoms with E-state index in [1.54, 1.807) is 0 Å². The second-order valence-electron chi connectivity index (χ2n) is 6.57. The molecular weight excluding hydrogens is 362 g/mol. The van der Waals surface area contributed by atoms with Gasteiger partial charge in [0.05, 0.1) is 12.2 Å². The predicted molar refractivity (Wildman–Crippen MR) is 106 cm³/mol. The molecular formula is C20H21N3O3S. The first-order chi connectivity index (χ1) is 13.1. The molecule has 1 aromatic heterocycles. The Kier molecular flexibility index (Phi) is 4.78. The number of H-pyrrole nitrogens is 1. The van der Waals surface area contributed by atoms with Crippen molar-refractivity contribution >= 4 is 23.4 Å². The molecule has 7 heteroatoms. The summed E-state index contributed by atoms with van der Waals surface area (Å²) in [5.41, 5.74) is 2.78. The Morgan fingerprint density at radius 2 is 2.00 bits per heavy atom. The van der Waals surface area contributed by atoms with E-state index in [1.807, 2.05) is 37.4 Å². The van der Waals surface area contributed by atoms with Gasteiger partial charge in [-0.3, -0.25) is 9.59 Å². The molecule has 1 aliphatic carbocycles. The van der Waals surface area contributed by atoms with Crippen LogP contribution in [0.1, 0.15) is 43.2 Å². The lowest BCUT2D eigenvalue weighted by Crippen LogP contribution is -2.32. The third kappa shape index (κ3) is 3.16. The molecule has 0 fully saturated rings. The highest BCUT2D eigenvalue weighted by atomic mass is 32.2. The number of carbonyl (C=O) groups excluding carboxylic acids is 1. The number of anilines is 1. The maximum atomic E-state index is 12.9. The molecule has 2 N–H and O–H groups in total. The maximum Gasteiger partial charge on any atom is 0.257 e. The Morgan fingerprint density at radius 1 is 1.22 bits per heavy atom. The zero-order valence-corrected chi connectivity index (χ0v) is 16.1. The number of carbonyl (C=O) groups is 1. The molecule has 140 valence electrons. The number of fused-ring (bicyclic) bond motifs is 1. The second-order valence-corrected chi connectivity index (χ2v) is 7.36. The van der Waals surface area contributed by atoms with Crippen molar-refractivity contribution in [1.29, 1.82) is 0 Å². The minimum atomic E-state index is -0.410. The number of aromatic amines is 1. The molecule has 2 aromatic rings. The fraction of sp³-hybridized carbons (Fsp3) is 0.350. The number of benzene rings is 1. The SMILES string of the molecule is CCOc1ccc([C@@H]2C3=C(CCCC3=O)Nc3nc(SC)[nH]c(=O)c32)cc1. The highest BCUT2D eigenvalue weighted by Crippen LogP contribution is 2.43. The van der Waals surface area contributed by atoms with Gasteiger partial charge in [0.25, 0.3) is 5.56 Å². The average Bonchev–Trinajstić information content (AvgIpc) is 2.67. The van der Waals surface area contributed by atoms with E-state index in [0.29, 0.717) is 35.1 Å². The summed E-state index contributed by atoms with van der Waals surface area (Å²) in [5, 5.41) is 3.82. The Labute approximate surface area is 161 Å². The number of ketones is 1. The zero-order valence-electron chi connectivity index (χ0n) is 15.3. The van der Waals surface area contributed by atoms with E-state index >= 15 is 0 Å². The molecule has 0 bridgehead atoms. The Bertz CT molecular complexity index is 979. The minimum absolute atomic E-state index is 0.0987.